The van der Waals surface area contributed by atoms with Gasteiger partial charge in [0.1, 0.15) is 17.5 Å². The minimum atomic E-state index is -4.65. The van der Waals surface area contributed by atoms with Crippen molar-refractivity contribution in [1.29, 1.82) is 0 Å². The van der Waals surface area contributed by atoms with Gasteiger partial charge in [-0.1, -0.05) is 13.0 Å². The molecule has 0 bridgehead atoms. The van der Waals surface area contributed by atoms with Gasteiger partial charge in [0.15, 0.2) is 0 Å². The maximum absolute atomic E-state index is 14.7. The highest BCUT2D eigenvalue weighted by Gasteiger charge is 2.30. The van der Waals surface area contributed by atoms with Crippen molar-refractivity contribution in [1.82, 2.24) is 20.3 Å². The van der Waals surface area contributed by atoms with Crippen molar-refractivity contribution in [2.45, 2.75) is 44.6 Å². The number of hydrogen-bond acceptors (Lipinski definition) is 7. The van der Waals surface area contributed by atoms with Crippen molar-refractivity contribution in [2.24, 2.45) is 0 Å². The largest absolute Gasteiger partial charge is 0.390 e. The van der Waals surface area contributed by atoms with E-state index in [0.29, 0.717) is 54.2 Å². The molecular weight excluding hydrogens is 519 g/mol. The third-order valence-corrected chi connectivity index (χ3v) is 7.09. The van der Waals surface area contributed by atoms with Crippen molar-refractivity contribution in [3.63, 3.8) is 0 Å². The summed E-state index contributed by atoms with van der Waals surface area (Å²) in [4.78, 5) is 13.3. The lowest BCUT2D eigenvalue weighted by Crippen LogP contribution is -2.44. The number of rotatable bonds is 8. The molecule has 14 heteroatoms. The standard InChI is InChI=1S/C23H25F5N6O2S/c1-2-13-8-19(14-3-4-18(17(25)7-14)34-37(35,36)6-5-23(26,27)28)32-20-12-30-22(33-21(13)20)31-16-9-15(24)10-29-11-16/h3-4,7-8,12,15-16,29,34H,2,5-6,9-11H2,1H3,(H,30,31,33)/t15-,16-/m0/s1. The number of alkyl halides is 4. The van der Waals surface area contributed by atoms with E-state index in [4.69, 9.17) is 0 Å². The smallest absolute Gasteiger partial charge is 0.350 e. The van der Waals surface area contributed by atoms with Crippen LogP contribution in [-0.2, 0) is 16.4 Å². The Balaban J connectivity index is 1.56. The lowest BCUT2D eigenvalue weighted by molar-refractivity contribution is -0.129. The highest BCUT2D eigenvalue weighted by atomic mass is 32.2. The van der Waals surface area contributed by atoms with E-state index in [9.17, 15) is 30.4 Å². The Kier molecular flexibility index (Phi) is 7.78. The number of sulfonamides is 1. The number of aryl methyl sites for hydroxylation is 1. The Labute approximate surface area is 210 Å². The van der Waals surface area contributed by atoms with Gasteiger partial charge >= 0.3 is 6.18 Å². The fraction of sp³-hybridized carbons (Fsp3) is 0.435. The molecule has 1 fully saturated rings. The summed E-state index contributed by atoms with van der Waals surface area (Å²) in [6, 6.07) is 5.16. The van der Waals surface area contributed by atoms with Gasteiger partial charge in [0.05, 0.1) is 35.3 Å². The Morgan fingerprint density at radius 2 is 1.95 bits per heavy atom. The van der Waals surface area contributed by atoms with E-state index in [1.54, 1.807) is 6.07 Å². The van der Waals surface area contributed by atoms with E-state index in [0.717, 1.165) is 17.7 Å². The molecule has 4 rings (SSSR count). The van der Waals surface area contributed by atoms with E-state index >= 15 is 0 Å². The van der Waals surface area contributed by atoms with E-state index in [1.165, 1.54) is 12.3 Å². The van der Waals surface area contributed by atoms with Gasteiger partial charge in [-0.25, -0.2) is 32.2 Å². The highest BCUT2D eigenvalue weighted by molar-refractivity contribution is 7.92. The minimum Gasteiger partial charge on any atom is -0.350 e. The number of pyridine rings is 1. The summed E-state index contributed by atoms with van der Waals surface area (Å²) in [5, 5.41) is 6.13. The van der Waals surface area contributed by atoms with Crippen LogP contribution in [-0.4, -0.2) is 60.6 Å². The first-order valence-electron chi connectivity index (χ1n) is 11.6. The molecule has 8 nitrogen and oxygen atoms in total. The Morgan fingerprint density at radius 1 is 1.16 bits per heavy atom. The van der Waals surface area contributed by atoms with Gasteiger partial charge in [-0.2, -0.15) is 13.2 Å². The Bertz CT molecular complexity index is 1390. The van der Waals surface area contributed by atoms with E-state index in [2.05, 4.69) is 25.6 Å². The molecule has 3 heterocycles. The molecule has 0 aliphatic carbocycles. The normalized spacial score (nSPS) is 18.6. The first-order chi connectivity index (χ1) is 17.4. The summed E-state index contributed by atoms with van der Waals surface area (Å²) in [6.45, 7) is 2.81. The van der Waals surface area contributed by atoms with Gasteiger partial charge in [-0.3, -0.25) is 4.72 Å². The van der Waals surface area contributed by atoms with Crippen LogP contribution in [0.3, 0.4) is 0 Å². The SMILES string of the molecule is CCc1cc(-c2ccc(NS(=O)(=O)CCC(F)(F)F)c(F)c2)nc2cnc(N[C@@H]3CNC[C@@H](F)C3)nc12. The number of benzene rings is 1. The Hall–Kier alpha value is -3.13. The van der Waals surface area contributed by atoms with Crippen molar-refractivity contribution >= 4 is 32.7 Å². The average Bonchev–Trinajstić information content (AvgIpc) is 2.83. The molecule has 200 valence electrons. The zero-order chi connectivity index (χ0) is 26.8. The van der Waals surface area contributed by atoms with Crippen molar-refractivity contribution in [2.75, 3.05) is 28.9 Å². The highest BCUT2D eigenvalue weighted by Crippen LogP contribution is 2.28. The number of piperidine rings is 1. The summed E-state index contributed by atoms with van der Waals surface area (Å²) in [7, 11) is -4.40. The summed E-state index contributed by atoms with van der Waals surface area (Å²) in [5.74, 6) is -1.84. The van der Waals surface area contributed by atoms with Gasteiger partial charge in [-0.05, 0) is 30.2 Å². The minimum absolute atomic E-state index is 0.161. The molecule has 0 unspecified atom stereocenters. The third-order valence-electron chi connectivity index (χ3n) is 5.82. The number of nitrogens with zero attached hydrogens (tertiary/aromatic N) is 3. The van der Waals surface area contributed by atoms with E-state index < -0.39 is 46.0 Å². The van der Waals surface area contributed by atoms with Crippen LogP contribution in [0.1, 0.15) is 25.3 Å². The number of nitrogens with one attached hydrogen (secondary N) is 3. The maximum atomic E-state index is 14.7. The summed E-state index contributed by atoms with van der Waals surface area (Å²) < 4.78 is 91.1. The average molecular weight is 545 g/mol. The fourth-order valence-electron chi connectivity index (χ4n) is 3.98. The molecule has 3 N–H and O–H groups in total. The molecule has 1 aromatic carbocycles. The molecular formula is C23H25F5N6O2S. The lowest BCUT2D eigenvalue weighted by Gasteiger charge is -2.26. The van der Waals surface area contributed by atoms with Crippen molar-refractivity contribution in [3.05, 3.63) is 41.8 Å². The van der Waals surface area contributed by atoms with Gasteiger partial charge < -0.3 is 10.6 Å². The Morgan fingerprint density at radius 3 is 2.62 bits per heavy atom. The predicted octanol–water partition coefficient (Wildman–Crippen LogP) is 4.20. The second-order valence-corrected chi connectivity index (χ2v) is 10.6. The van der Waals surface area contributed by atoms with Crippen LogP contribution >= 0.6 is 0 Å². The molecule has 0 saturated carbocycles. The van der Waals surface area contributed by atoms with Gasteiger partial charge in [-0.15, -0.1) is 0 Å². The molecule has 0 radical (unpaired) electrons. The van der Waals surface area contributed by atoms with Gasteiger partial charge in [0.2, 0.25) is 16.0 Å². The number of anilines is 2. The summed E-state index contributed by atoms with van der Waals surface area (Å²) in [6.07, 6.45) is -4.73. The molecule has 1 aliphatic rings. The van der Waals surface area contributed by atoms with E-state index in [-0.39, 0.29) is 6.04 Å². The molecule has 1 saturated heterocycles. The van der Waals surface area contributed by atoms with Crippen molar-refractivity contribution < 1.29 is 30.4 Å². The van der Waals surface area contributed by atoms with Gasteiger partial charge in [0, 0.05) is 31.1 Å². The quantitative estimate of drug-likeness (QED) is 0.365. The van der Waals surface area contributed by atoms with Crippen LogP contribution in [0.15, 0.2) is 30.5 Å². The molecule has 0 spiro atoms. The topological polar surface area (TPSA) is 109 Å². The first kappa shape index (κ1) is 26.9. The molecule has 2 atom stereocenters. The van der Waals surface area contributed by atoms with Crippen LogP contribution in [0.25, 0.3) is 22.3 Å². The number of hydrogen-bond donors (Lipinski definition) is 3. The fourth-order valence-corrected chi connectivity index (χ4v) is 5.09. The molecule has 1 aliphatic heterocycles. The van der Waals surface area contributed by atoms with E-state index in [1.807, 2.05) is 11.6 Å². The van der Waals surface area contributed by atoms with Crippen LogP contribution in [0.2, 0.25) is 0 Å². The molecule has 0 amide bonds. The number of halogens is 5. The maximum Gasteiger partial charge on any atom is 0.390 e. The van der Waals surface area contributed by atoms with Crippen LogP contribution in [0.4, 0.5) is 33.6 Å². The van der Waals surface area contributed by atoms with Gasteiger partial charge in [0.25, 0.3) is 0 Å². The summed E-state index contributed by atoms with van der Waals surface area (Å²) in [5.41, 5.74) is 2.08. The third kappa shape index (κ3) is 7.01. The second-order valence-electron chi connectivity index (χ2n) is 8.76. The van der Waals surface area contributed by atoms with Crippen LogP contribution in [0.5, 0.6) is 0 Å². The van der Waals surface area contributed by atoms with Crippen LogP contribution < -0.4 is 15.4 Å². The summed E-state index contributed by atoms with van der Waals surface area (Å²) >= 11 is 0. The monoisotopic (exact) mass is 544 g/mol. The van der Waals surface area contributed by atoms with Crippen LogP contribution in [0, 0.1) is 5.82 Å². The first-order valence-corrected chi connectivity index (χ1v) is 13.2. The predicted molar refractivity (Wildman–Crippen MR) is 130 cm³/mol. The molecule has 3 aromatic rings. The number of fused-ring (bicyclic) bond motifs is 1. The second kappa shape index (κ2) is 10.7. The zero-order valence-electron chi connectivity index (χ0n) is 19.7. The number of aromatic nitrogens is 3. The van der Waals surface area contributed by atoms with Crippen molar-refractivity contribution in [3.8, 4) is 11.3 Å². The lowest BCUT2D eigenvalue weighted by atomic mass is 10.1. The zero-order valence-corrected chi connectivity index (χ0v) is 20.6. The molecule has 2 aromatic heterocycles. The molecule has 37 heavy (non-hydrogen) atoms.